The molecular weight excluding hydrogens is 310 g/mol. The first-order chi connectivity index (χ1) is 12.3. The minimum atomic E-state index is -0.499. The van der Waals surface area contributed by atoms with Crippen LogP contribution in [0.2, 0.25) is 0 Å². The van der Waals surface area contributed by atoms with Crippen molar-refractivity contribution in [1.82, 2.24) is 5.32 Å². The van der Waals surface area contributed by atoms with Gasteiger partial charge in [0.2, 0.25) is 0 Å². The zero-order valence-electron chi connectivity index (χ0n) is 17.1. The maximum atomic E-state index is 9.25. The standard InChI is InChI=1S/C22H47NO2/c1-2-3-4-16-19-23-20-17-14-12-10-8-6-5-7-9-11-13-15-18-22(25)21-24/h22-25H,2-21H2,1H3. The Balaban J connectivity index is 2.98. The fraction of sp³-hybridized carbons (Fsp3) is 1.00. The second kappa shape index (κ2) is 21.9. The average Bonchev–Trinajstić information content (AvgIpc) is 2.63. The third kappa shape index (κ3) is 21.8. The Bertz CT molecular complexity index is 236. The summed E-state index contributed by atoms with van der Waals surface area (Å²) in [5, 5.41) is 21.5. The first-order valence-electron chi connectivity index (χ1n) is 11.3. The van der Waals surface area contributed by atoms with E-state index in [0.29, 0.717) is 0 Å². The van der Waals surface area contributed by atoms with Crippen LogP contribution in [0, 0.1) is 0 Å². The highest BCUT2D eigenvalue weighted by Gasteiger charge is 2.00. The van der Waals surface area contributed by atoms with Gasteiger partial charge in [-0.3, -0.25) is 0 Å². The van der Waals surface area contributed by atoms with Gasteiger partial charge in [-0.1, -0.05) is 96.8 Å². The SMILES string of the molecule is CCCCCCNCCCCCCCCCCCCCCC(O)CO. The Morgan fingerprint density at radius 3 is 1.44 bits per heavy atom. The summed E-state index contributed by atoms with van der Waals surface area (Å²) in [4.78, 5) is 0. The van der Waals surface area contributed by atoms with Gasteiger partial charge >= 0.3 is 0 Å². The van der Waals surface area contributed by atoms with E-state index in [-0.39, 0.29) is 6.61 Å². The number of nitrogens with one attached hydrogen (secondary N) is 1. The van der Waals surface area contributed by atoms with Crippen LogP contribution in [0.25, 0.3) is 0 Å². The quantitative estimate of drug-likeness (QED) is 0.235. The topological polar surface area (TPSA) is 52.5 Å². The molecule has 3 heteroatoms. The molecule has 0 fully saturated rings. The lowest BCUT2D eigenvalue weighted by Crippen LogP contribution is -2.16. The molecule has 0 aliphatic heterocycles. The van der Waals surface area contributed by atoms with E-state index in [1.807, 2.05) is 0 Å². The van der Waals surface area contributed by atoms with Crippen LogP contribution in [0.4, 0.5) is 0 Å². The number of hydrogen-bond donors (Lipinski definition) is 3. The molecule has 1 unspecified atom stereocenters. The number of aliphatic hydroxyl groups excluding tert-OH is 2. The Labute approximate surface area is 158 Å². The third-order valence-corrected chi connectivity index (χ3v) is 5.06. The molecule has 0 saturated carbocycles. The molecule has 1 atom stereocenters. The highest BCUT2D eigenvalue weighted by atomic mass is 16.3. The van der Waals surface area contributed by atoms with E-state index in [2.05, 4.69) is 12.2 Å². The molecule has 3 N–H and O–H groups in total. The predicted octanol–water partition coefficient (Wildman–Crippen LogP) is 5.58. The van der Waals surface area contributed by atoms with Gasteiger partial charge in [0.1, 0.15) is 0 Å². The third-order valence-electron chi connectivity index (χ3n) is 5.06. The molecule has 0 aromatic carbocycles. The van der Waals surface area contributed by atoms with Gasteiger partial charge < -0.3 is 15.5 Å². The van der Waals surface area contributed by atoms with Gasteiger partial charge in [-0.25, -0.2) is 0 Å². The molecule has 152 valence electrons. The van der Waals surface area contributed by atoms with Gasteiger partial charge in [0.05, 0.1) is 12.7 Å². The Morgan fingerprint density at radius 2 is 1.00 bits per heavy atom. The monoisotopic (exact) mass is 357 g/mol. The maximum absolute atomic E-state index is 9.25. The fourth-order valence-electron chi connectivity index (χ4n) is 3.29. The van der Waals surface area contributed by atoms with Crippen LogP contribution < -0.4 is 5.32 Å². The maximum Gasteiger partial charge on any atom is 0.0770 e. The molecule has 0 radical (unpaired) electrons. The summed E-state index contributed by atoms with van der Waals surface area (Å²) in [6, 6.07) is 0. The van der Waals surface area contributed by atoms with Crippen molar-refractivity contribution in [3.05, 3.63) is 0 Å². The van der Waals surface area contributed by atoms with Gasteiger partial charge in [0, 0.05) is 0 Å². The van der Waals surface area contributed by atoms with Gasteiger partial charge in [0.25, 0.3) is 0 Å². The molecule has 0 rings (SSSR count). The van der Waals surface area contributed by atoms with Gasteiger partial charge in [0.15, 0.2) is 0 Å². The van der Waals surface area contributed by atoms with Crippen LogP contribution >= 0.6 is 0 Å². The normalized spacial score (nSPS) is 12.6. The van der Waals surface area contributed by atoms with E-state index < -0.39 is 6.10 Å². The second-order valence-electron chi connectivity index (χ2n) is 7.68. The summed E-state index contributed by atoms with van der Waals surface area (Å²) >= 11 is 0. The molecule has 0 aromatic heterocycles. The number of unbranched alkanes of at least 4 members (excludes halogenated alkanes) is 14. The summed E-state index contributed by atoms with van der Waals surface area (Å²) in [6.45, 7) is 4.60. The highest BCUT2D eigenvalue weighted by Crippen LogP contribution is 2.13. The van der Waals surface area contributed by atoms with Gasteiger partial charge in [-0.2, -0.15) is 0 Å². The first-order valence-corrected chi connectivity index (χ1v) is 11.3. The molecule has 0 spiro atoms. The van der Waals surface area contributed by atoms with Crippen molar-refractivity contribution in [2.24, 2.45) is 0 Å². The Morgan fingerprint density at radius 1 is 0.600 bits per heavy atom. The molecule has 0 saturated heterocycles. The van der Waals surface area contributed by atoms with E-state index in [0.717, 1.165) is 12.8 Å². The molecule has 0 aliphatic carbocycles. The van der Waals surface area contributed by atoms with E-state index in [4.69, 9.17) is 5.11 Å². The van der Waals surface area contributed by atoms with E-state index in [1.165, 1.54) is 109 Å². The molecule has 0 bridgehead atoms. The highest BCUT2D eigenvalue weighted by molar-refractivity contribution is 4.54. The zero-order chi connectivity index (χ0) is 18.4. The lowest BCUT2D eigenvalue weighted by molar-refractivity contribution is 0.0860. The summed E-state index contributed by atoms with van der Waals surface area (Å²) in [5.41, 5.74) is 0. The minimum absolute atomic E-state index is 0.0877. The number of hydrogen-bond acceptors (Lipinski definition) is 3. The Kier molecular flexibility index (Phi) is 21.8. The lowest BCUT2D eigenvalue weighted by atomic mass is 10.0. The molecule has 25 heavy (non-hydrogen) atoms. The lowest BCUT2D eigenvalue weighted by Gasteiger charge is -2.06. The van der Waals surface area contributed by atoms with Crippen molar-refractivity contribution in [3.63, 3.8) is 0 Å². The van der Waals surface area contributed by atoms with Gasteiger partial charge in [-0.15, -0.1) is 0 Å². The van der Waals surface area contributed by atoms with Crippen molar-refractivity contribution in [2.45, 2.75) is 122 Å². The second-order valence-corrected chi connectivity index (χ2v) is 7.68. The van der Waals surface area contributed by atoms with E-state index in [9.17, 15) is 5.11 Å². The number of aliphatic hydroxyl groups is 2. The van der Waals surface area contributed by atoms with Crippen molar-refractivity contribution < 1.29 is 10.2 Å². The molecule has 0 aromatic rings. The van der Waals surface area contributed by atoms with Gasteiger partial charge in [-0.05, 0) is 32.4 Å². The summed E-state index contributed by atoms with van der Waals surface area (Å²) in [5.74, 6) is 0. The smallest absolute Gasteiger partial charge is 0.0770 e. The molecule has 0 amide bonds. The zero-order valence-corrected chi connectivity index (χ0v) is 17.1. The van der Waals surface area contributed by atoms with Crippen molar-refractivity contribution in [1.29, 1.82) is 0 Å². The minimum Gasteiger partial charge on any atom is -0.394 e. The number of rotatable bonds is 21. The van der Waals surface area contributed by atoms with Crippen molar-refractivity contribution >= 4 is 0 Å². The fourth-order valence-corrected chi connectivity index (χ4v) is 3.29. The predicted molar refractivity (Wildman–Crippen MR) is 110 cm³/mol. The van der Waals surface area contributed by atoms with E-state index >= 15 is 0 Å². The van der Waals surface area contributed by atoms with Crippen molar-refractivity contribution in [3.8, 4) is 0 Å². The summed E-state index contributed by atoms with van der Waals surface area (Å²) in [6.07, 6.45) is 21.7. The van der Waals surface area contributed by atoms with Crippen LogP contribution in [0.15, 0.2) is 0 Å². The summed E-state index contributed by atoms with van der Waals surface area (Å²) < 4.78 is 0. The van der Waals surface area contributed by atoms with E-state index in [1.54, 1.807) is 0 Å². The Hall–Kier alpha value is -0.120. The van der Waals surface area contributed by atoms with Crippen LogP contribution in [-0.4, -0.2) is 36.0 Å². The largest absolute Gasteiger partial charge is 0.394 e. The van der Waals surface area contributed by atoms with Crippen LogP contribution in [-0.2, 0) is 0 Å². The molecule has 0 aliphatic rings. The molecule has 0 heterocycles. The average molecular weight is 358 g/mol. The summed E-state index contributed by atoms with van der Waals surface area (Å²) in [7, 11) is 0. The molecule has 3 nitrogen and oxygen atoms in total. The van der Waals surface area contributed by atoms with Crippen LogP contribution in [0.5, 0.6) is 0 Å². The van der Waals surface area contributed by atoms with Crippen LogP contribution in [0.3, 0.4) is 0 Å². The van der Waals surface area contributed by atoms with Crippen LogP contribution in [0.1, 0.15) is 116 Å². The van der Waals surface area contributed by atoms with Crippen molar-refractivity contribution in [2.75, 3.05) is 19.7 Å². The first kappa shape index (κ1) is 24.9. The molecular formula is C22H47NO2.